The molecule has 4 fully saturated rings. The summed E-state index contributed by atoms with van der Waals surface area (Å²) >= 11 is 0. The molecule has 0 aromatic rings. The molecule has 6 nitrogen and oxygen atoms in total. The molecule has 0 radical (unpaired) electrons. The number of hydrogen-bond acceptors (Lipinski definition) is 5. The highest BCUT2D eigenvalue weighted by Gasteiger charge is 2.43. The lowest BCUT2D eigenvalue weighted by Crippen LogP contribution is -2.66. The van der Waals surface area contributed by atoms with E-state index in [1.165, 1.54) is 45.1 Å². The monoisotopic (exact) mass is 378 g/mol. The van der Waals surface area contributed by atoms with Crippen molar-refractivity contribution in [3.63, 3.8) is 0 Å². The zero-order valence-corrected chi connectivity index (χ0v) is 17.2. The van der Waals surface area contributed by atoms with E-state index in [1.54, 1.807) is 6.92 Å². The van der Waals surface area contributed by atoms with E-state index in [9.17, 15) is 4.79 Å². The van der Waals surface area contributed by atoms with Gasteiger partial charge in [0.2, 0.25) is 5.91 Å². The normalized spacial score (nSPS) is 39.2. The van der Waals surface area contributed by atoms with Gasteiger partial charge in [0.1, 0.15) is 0 Å². The molecule has 5 atom stereocenters. The second kappa shape index (κ2) is 8.76. The predicted octanol–water partition coefficient (Wildman–Crippen LogP) is 1.51. The number of nitrogens with zero attached hydrogens (tertiary/aromatic N) is 3. The van der Waals surface area contributed by atoms with Crippen LogP contribution >= 0.6 is 0 Å². The molecule has 6 heteroatoms. The van der Waals surface area contributed by atoms with Crippen molar-refractivity contribution in [1.82, 2.24) is 20.0 Å². The van der Waals surface area contributed by atoms with Crippen molar-refractivity contribution in [1.29, 1.82) is 0 Å². The van der Waals surface area contributed by atoms with Crippen LogP contribution in [-0.2, 0) is 9.53 Å². The van der Waals surface area contributed by atoms with Gasteiger partial charge in [0.05, 0.1) is 19.4 Å². The number of piperidine rings is 1. The van der Waals surface area contributed by atoms with Crippen molar-refractivity contribution in [2.24, 2.45) is 5.92 Å². The molecule has 27 heavy (non-hydrogen) atoms. The number of morpholine rings is 1. The number of hydrogen-bond donors (Lipinski definition) is 1. The highest BCUT2D eigenvalue weighted by molar-refractivity contribution is 5.74. The minimum Gasteiger partial charge on any atom is -0.379 e. The van der Waals surface area contributed by atoms with Gasteiger partial charge in [-0.2, -0.15) is 0 Å². The molecule has 0 aromatic heterocycles. The minimum atomic E-state index is 0.270. The summed E-state index contributed by atoms with van der Waals surface area (Å²) in [5.74, 6) is 1.01. The summed E-state index contributed by atoms with van der Waals surface area (Å²) in [6.45, 7) is 11.3. The minimum absolute atomic E-state index is 0.270. The lowest BCUT2D eigenvalue weighted by molar-refractivity contribution is -0.142. The Kier molecular flexibility index (Phi) is 6.37. The molecule has 4 unspecified atom stereocenters. The average molecular weight is 379 g/mol. The number of nitrogens with one attached hydrogen (secondary N) is 1. The lowest BCUT2D eigenvalue weighted by Gasteiger charge is -2.53. The first-order valence-electron chi connectivity index (χ1n) is 11.2. The zero-order chi connectivity index (χ0) is 18.8. The molecule has 1 aliphatic carbocycles. The van der Waals surface area contributed by atoms with E-state index in [4.69, 9.17) is 4.74 Å². The fourth-order valence-electron chi connectivity index (χ4n) is 6.07. The Balaban J connectivity index is 1.33. The molecule has 4 rings (SSSR count). The van der Waals surface area contributed by atoms with Crippen molar-refractivity contribution < 1.29 is 9.53 Å². The Morgan fingerprint density at radius 3 is 2.48 bits per heavy atom. The summed E-state index contributed by atoms with van der Waals surface area (Å²) in [7, 11) is 0. The molecule has 3 saturated heterocycles. The van der Waals surface area contributed by atoms with Gasteiger partial charge in [-0.15, -0.1) is 0 Å². The highest BCUT2D eigenvalue weighted by atomic mass is 16.5. The van der Waals surface area contributed by atoms with Crippen LogP contribution < -0.4 is 5.32 Å². The smallest absolute Gasteiger partial charge is 0.220 e. The summed E-state index contributed by atoms with van der Waals surface area (Å²) < 4.78 is 5.49. The number of fused-ring (bicyclic) bond motifs is 1. The predicted molar refractivity (Wildman–Crippen MR) is 107 cm³/mol. The van der Waals surface area contributed by atoms with Gasteiger partial charge < -0.3 is 15.0 Å². The highest BCUT2D eigenvalue weighted by Crippen LogP contribution is 2.34. The molecule has 0 spiro atoms. The van der Waals surface area contributed by atoms with E-state index in [2.05, 4.69) is 26.9 Å². The van der Waals surface area contributed by atoms with Crippen molar-refractivity contribution in [3.05, 3.63) is 0 Å². The fourth-order valence-corrected chi connectivity index (χ4v) is 6.07. The number of piperazine rings is 1. The first-order chi connectivity index (χ1) is 13.1. The third-order valence-corrected chi connectivity index (χ3v) is 7.33. The molecule has 0 bridgehead atoms. The number of amides is 1. The molecule has 1 N–H and O–H groups in total. The largest absolute Gasteiger partial charge is 0.379 e. The number of ether oxygens (including phenoxy) is 1. The fraction of sp³-hybridized carbons (Fsp3) is 0.952. The van der Waals surface area contributed by atoms with Crippen molar-refractivity contribution in [2.45, 2.75) is 76.7 Å². The molecule has 154 valence electrons. The Hall–Kier alpha value is -0.690. The van der Waals surface area contributed by atoms with E-state index in [-0.39, 0.29) is 5.91 Å². The molecule has 0 aromatic carbocycles. The standard InChI is InChI=1S/C21H38N4O2/c1-16-14-24(19-5-3-4-6-20(19)25(16)17(2)26)15-18-7-8-21(22-13-18)23-9-11-27-12-10-23/h16,18-22H,3-15H2,1-2H3/t16-,18?,19?,20?,21?/m0/s1. The van der Waals surface area contributed by atoms with Crippen LogP contribution in [0.1, 0.15) is 52.4 Å². The van der Waals surface area contributed by atoms with Crippen molar-refractivity contribution >= 4 is 5.91 Å². The van der Waals surface area contributed by atoms with Crippen LogP contribution in [0.4, 0.5) is 0 Å². The van der Waals surface area contributed by atoms with E-state index in [1.807, 2.05) is 0 Å². The van der Waals surface area contributed by atoms with Crippen LogP contribution in [0.25, 0.3) is 0 Å². The molecule has 4 aliphatic rings. The number of carbonyl (C=O) groups is 1. The van der Waals surface area contributed by atoms with Crippen molar-refractivity contribution in [2.75, 3.05) is 45.9 Å². The van der Waals surface area contributed by atoms with Crippen LogP contribution in [0.2, 0.25) is 0 Å². The molecular weight excluding hydrogens is 340 g/mol. The van der Waals surface area contributed by atoms with E-state index < -0.39 is 0 Å². The lowest BCUT2D eigenvalue weighted by atomic mass is 9.83. The molecular formula is C21H38N4O2. The van der Waals surface area contributed by atoms with E-state index in [0.717, 1.165) is 45.3 Å². The van der Waals surface area contributed by atoms with Crippen molar-refractivity contribution in [3.8, 4) is 0 Å². The average Bonchev–Trinajstić information content (AvgIpc) is 2.69. The maximum atomic E-state index is 12.2. The second-order valence-electron chi connectivity index (χ2n) is 9.16. The van der Waals surface area contributed by atoms with Gasteiger partial charge in [-0.3, -0.25) is 14.6 Å². The molecule has 3 heterocycles. The van der Waals surface area contributed by atoms with Gasteiger partial charge in [-0.25, -0.2) is 0 Å². The first-order valence-corrected chi connectivity index (χ1v) is 11.2. The van der Waals surface area contributed by atoms with E-state index in [0.29, 0.717) is 24.3 Å². The van der Waals surface area contributed by atoms with Gasteiger partial charge in [0.15, 0.2) is 0 Å². The third kappa shape index (κ3) is 4.34. The van der Waals surface area contributed by atoms with Gasteiger partial charge in [0, 0.05) is 57.8 Å². The zero-order valence-electron chi connectivity index (χ0n) is 17.2. The Labute approximate surface area is 164 Å². The number of carbonyl (C=O) groups excluding carboxylic acids is 1. The Morgan fingerprint density at radius 2 is 1.81 bits per heavy atom. The van der Waals surface area contributed by atoms with Crippen LogP contribution in [0.3, 0.4) is 0 Å². The summed E-state index contributed by atoms with van der Waals surface area (Å²) in [6.07, 6.45) is 8.15. The van der Waals surface area contributed by atoms with Crippen LogP contribution in [-0.4, -0.2) is 90.8 Å². The SMILES string of the molecule is CC(=O)N1C2CCCCC2N(CC2CCC(N3CCOCC3)NC2)C[C@@H]1C. The molecule has 1 saturated carbocycles. The first kappa shape index (κ1) is 19.6. The van der Waals surface area contributed by atoms with Gasteiger partial charge in [-0.1, -0.05) is 12.8 Å². The van der Waals surface area contributed by atoms with Crippen LogP contribution in [0, 0.1) is 5.92 Å². The Bertz CT molecular complexity index is 502. The second-order valence-corrected chi connectivity index (χ2v) is 9.16. The van der Waals surface area contributed by atoms with E-state index >= 15 is 0 Å². The maximum absolute atomic E-state index is 12.2. The topological polar surface area (TPSA) is 48.1 Å². The summed E-state index contributed by atoms with van der Waals surface area (Å²) in [5, 5.41) is 3.82. The maximum Gasteiger partial charge on any atom is 0.220 e. The van der Waals surface area contributed by atoms with Crippen LogP contribution in [0.15, 0.2) is 0 Å². The van der Waals surface area contributed by atoms with Gasteiger partial charge in [0.25, 0.3) is 0 Å². The van der Waals surface area contributed by atoms with Gasteiger partial charge >= 0.3 is 0 Å². The Morgan fingerprint density at radius 1 is 1.07 bits per heavy atom. The molecule has 1 amide bonds. The summed E-state index contributed by atoms with van der Waals surface area (Å²) in [5.41, 5.74) is 0. The van der Waals surface area contributed by atoms with Gasteiger partial charge in [-0.05, 0) is 38.5 Å². The van der Waals surface area contributed by atoms with Crippen LogP contribution in [0.5, 0.6) is 0 Å². The third-order valence-electron chi connectivity index (χ3n) is 7.33. The summed E-state index contributed by atoms with van der Waals surface area (Å²) in [6, 6.07) is 1.37. The molecule has 3 aliphatic heterocycles. The summed E-state index contributed by atoms with van der Waals surface area (Å²) in [4.78, 5) is 19.7. The quantitative estimate of drug-likeness (QED) is 0.807. The number of rotatable bonds is 3.